The number of nitrogens with one attached hydrogen (secondary N) is 2. The smallest absolute Gasteiger partial charge is 0.260 e. The molecule has 110 valence electrons. The molecule has 0 aliphatic carbocycles. The molecule has 1 atom stereocenters. The molecular formula is C16H18N2O3. The van der Waals surface area contributed by atoms with Gasteiger partial charge in [0, 0.05) is 6.20 Å². The van der Waals surface area contributed by atoms with Gasteiger partial charge in [-0.05, 0) is 43.7 Å². The number of hydrogen-bond acceptors (Lipinski definition) is 3. The molecule has 1 aromatic heterocycles. The van der Waals surface area contributed by atoms with E-state index in [0.717, 1.165) is 11.3 Å². The molecule has 0 aliphatic rings. The summed E-state index contributed by atoms with van der Waals surface area (Å²) in [5, 5.41) is 2.81. The summed E-state index contributed by atoms with van der Waals surface area (Å²) in [7, 11) is 0. The number of H-pyrrole nitrogens is 1. The molecule has 1 unspecified atom stereocenters. The molecule has 0 bridgehead atoms. The third-order valence-corrected chi connectivity index (χ3v) is 3.10. The van der Waals surface area contributed by atoms with E-state index < -0.39 is 11.5 Å². The van der Waals surface area contributed by atoms with Crippen molar-refractivity contribution in [1.29, 1.82) is 0 Å². The Labute approximate surface area is 123 Å². The summed E-state index contributed by atoms with van der Waals surface area (Å²) in [4.78, 5) is 26.1. The van der Waals surface area contributed by atoms with E-state index in [1.54, 1.807) is 6.07 Å². The van der Waals surface area contributed by atoms with Crippen LogP contribution in [0.3, 0.4) is 0 Å². The minimum absolute atomic E-state index is 0.107. The van der Waals surface area contributed by atoms with Crippen LogP contribution < -0.4 is 15.6 Å². The maximum Gasteiger partial charge on any atom is 0.260 e. The largest absolute Gasteiger partial charge is 0.494 e. The predicted molar refractivity (Wildman–Crippen MR) is 80.6 cm³/mol. The van der Waals surface area contributed by atoms with Crippen LogP contribution in [0.2, 0.25) is 0 Å². The summed E-state index contributed by atoms with van der Waals surface area (Å²) in [6.07, 6.45) is 1.50. The maximum atomic E-state index is 12.1. The Balaban J connectivity index is 2.07. The quantitative estimate of drug-likeness (QED) is 0.885. The van der Waals surface area contributed by atoms with Crippen LogP contribution >= 0.6 is 0 Å². The average Bonchev–Trinajstić information content (AvgIpc) is 2.48. The van der Waals surface area contributed by atoms with E-state index in [1.165, 1.54) is 12.3 Å². The van der Waals surface area contributed by atoms with Gasteiger partial charge in [0.05, 0.1) is 12.6 Å². The molecule has 0 spiro atoms. The first-order chi connectivity index (χ1) is 10.1. The van der Waals surface area contributed by atoms with Crippen molar-refractivity contribution in [2.45, 2.75) is 19.9 Å². The molecule has 0 aliphatic heterocycles. The number of aromatic nitrogens is 1. The van der Waals surface area contributed by atoms with Gasteiger partial charge < -0.3 is 15.0 Å². The van der Waals surface area contributed by atoms with E-state index in [4.69, 9.17) is 4.74 Å². The van der Waals surface area contributed by atoms with Gasteiger partial charge in [0.1, 0.15) is 11.3 Å². The van der Waals surface area contributed by atoms with Gasteiger partial charge in [-0.15, -0.1) is 0 Å². The summed E-state index contributed by atoms with van der Waals surface area (Å²) in [6.45, 7) is 4.40. The number of pyridine rings is 1. The van der Waals surface area contributed by atoms with Crippen LogP contribution in [0.4, 0.5) is 0 Å². The molecule has 2 N–H and O–H groups in total. The molecular weight excluding hydrogens is 268 g/mol. The number of rotatable bonds is 5. The lowest BCUT2D eigenvalue weighted by molar-refractivity contribution is 0.0938. The highest BCUT2D eigenvalue weighted by Gasteiger charge is 2.13. The Morgan fingerprint density at radius 3 is 2.62 bits per heavy atom. The van der Waals surface area contributed by atoms with Crippen molar-refractivity contribution in [2.24, 2.45) is 0 Å². The number of hydrogen-bond donors (Lipinski definition) is 2. The minimum atomic E-state index is -0.395. The van der Waals surface area contributed by atoms with Crippen molar-refractivity contribution in [3.8, 4) is 5.75 Å². The molecule has 1 heterocycles. The van der Waals surface area contributed by atoms with Crippen molar-refractivity contribution in [2.75, 3.05) is 6.61 Å². The Morgan fingerprint density at radius 1 is 1.29 bits per heavy atom. The first kappa shape index (κ1) is 14.8. The van der Waals surface area contributed by atoms with E-state index in [2.05, 4.69) is 10.3 Å². The number of amides is 1. The second-order valence-corrected chi connectivity index (χ2v) is 4.61. The van der Waals surface area contributed by atoms with E-state index in [9.17, 15) is 9.59 Å². The molecule has 0 saturated heterocycles. The fourth-order valence-electron chi connectivity index (χ4n) is 1.98. The summed E-state index contributed by atoms with van der Waals surface area (Å²) >= 11 is 0. The highest BCUT2D eigenvalue weighted by molar-refractivity contribution is 5.93. The topological polar surface area (TPSA) is 71.2 Å². The zero-order chi connectivity index (χ0) is 15.2. The maximum absolute atomic E-state index is 12.1. The van der Waals surface area contributed by atoms with Crippen LogP contribution in [0.5, 0.6) is 5.75 Å². The molecule has 21 heavy (non-hydrogen) atoms. The first-order valence-corrected chi connectivity index (χ1v) is 6.83. The second kappa shape index (κ2) is 6.74. The Kier molecular flexibility index (Phi) is 4.77. The van der Waals surface area contributed by atoms with Gasteiger partial charge in [0.15, 0.2) is 0 Å². The summed E-state index contributed by atoms with van der Waals surface area (Å²) in [6, 6.07) is 10.4. The van der Waals surface area contributed by atoms with Crippen LogP contribution in [0.25, 0.3) is 0 Å². The third-order valence-electron chi connectivity index (χ3n) is 3.10. The normalized spacial score (nSPS) is 11.7. The fraction of sp³-hybridized carbons (Fsp3) is 0.250. The SMILES string of the molecule is CCOc1ccc(C(C)NC(=O)c2ccc[nH]c2=O)cc1. The summed E-state index contributed by atoms with van der Waals surface area (Å²) in [5.41, 5.74) is 0.656. The summed E-state index contributed by atoms with van der Waals surface area (Å²) in [5.74, 6) is 0.400. The van der Waals surface area contributed by atoms with Gasteiger partial charge in [0.25, 0.3) is 11.5 Å². The van der Waals surface area contributed by atoms with E-state index in [1.807, 2.05) is 38.1 Å². The molecule has 1 aromatic carbocycles. The van der Waals surface area contributed by atoms with Gasteiger partial charge in [0.2, 0.25) is 0 Å². The van der Waals surface area contributed by atoms with Crippen LogP contribution in [-0.4, -0.2) is 17.5 Å². The van der Waals surface area contributed by atoms with E-state index in [-0.39, 0.29) is 11.6 Å². The van der Waals surface area contributed by atoms with Crippen molar-refractivity contribution < 1.29 is 9.53 Å². The Bertz CT molecular complexity index is 662. The molecule has 2 rings (SSSR count). The average molecular weight is 286 g/mol. The van der Waals surface area contributed by atoms with E-state index in [0.29, 0.717) is 6.61 Å². The molecule has 5 heteroatoms. The number of aromatic amines is 1. The van der Waals surface area contributed by atoms with Crippen molar-refractivity contribution >= 4 is 5.91 Å². The molecule has 5 nitrogen and oxygen atoms in total. The fourth-order valence-corrected chi connectivity index (χ4v) is 1.98. The van der Waals surface area contributed by atoms with Crippen LogP contribution in [0.1, 0.15) is 35.8 Å². The van der Waals surface area contributed by atoms with E-state index >= 15 is 0 Å². The highest BCUT2D eigenvalue weighted by atomic mass is 16.5. The van der Waals surface area contributed by atoms with Crippen LogP contribution in [0, 0.1) is 0 Å². The molecule has 2 aromatic rings. The molecule has 1 amide bonds. The Morgan fingerprint density at radius 2 is 2.00 bits per heavy atom. The van der Waals surface area contributed by atoms with Crippen molar-refractivity contribution in [3.63, 3.8) is 0 Å². The lowest BCUT2D eigenvalue weighted by Crippen LogP contribution is -2.31. The molecule has 0 fully saturated rings. The van der Waals surface area contributed by atoms with Crippen LogP contribution in [-0.2, 0) is 0 Å². The summed E-state index contributed by atoms with van der Waals surface area (Å²) < 4.78 is 5.37. The van der Waals surface area contributed by atoms with Gasteiger partial charge in [-0.3, -0.25) is 9.59 Å². The third kappa shape index (κ3) is 3.72. The van der Waals surface area contributed by atoms with Gasteiger partial charge >= 0.3 is 0 Å². The minimum Gasteiger partial charge on any atom is -0.494 e. The number of carbonyl (C=O) groups is 1. The van der Waals surface area contributed by atoms with Gasteiger partial charge in [-0.1, -0.05) is 12.1 Å². The number of ether oxygens (including phenoxy) is 1. The van der Waals surface area contributed by atoms with Crippen LogP contribution in [0.15, 0.2) is 47.4 Å². The van der Waals surface area contributed by atoms with Gasteiger partial charge in [-0.2, -0.15) is 0 Å². The zero-order valence-corrected chi connectivity index (χ0v) is 12.1. The number of carbonyl (C=O) groups excluding carboxylic acids is 1. The monoisotopic (exact) mass is 286 g/mol. The lowest BCUT2D eigenvalue weighted by atomic mass is 10.1. The standard InChI is InChI=1S/C16H18N2O3/c1-3-21-13-8-6-12(7-9-13)11(2)18-16(20)14-5-4-10-17-15(14)19/h4-11H,3H2,1-2H3,(H,17,19)(H,18,20). The number of benzene rings is 1. The first-order valence-electron chi connectivity index (χ1n) is 6.83. The molecule has 0 radical (unpaired) electrons. The van der Waals surface area contributed by atoms with Crippen molar-refractivity contribution in [3.05, 3.63) is 64.1 Å². The lowest BCUT2D eigenvalue weighted by Gasteiger charge is -2.14. The predicted octanol–water partition coefficient (Wildman–Crippen LogP) is 2.26. The molecule has 0 saturated carbocycles. The zero-order valence-electron chi connectivity index (χ0n) is 12.1. The van der Waals surface area contributed by atoms with Crippen molar-refractivity contribution in [1.82, 2.24) is 10.3 Å². The van der Waals surface area contributed by atoms with Gasteiger partial charge in [-0.25, -0.2) is 0 Å². The highest BCUT2D eigenvalue weighted by Crippen LogP contribution is 2.17. The second-order valence-electron chi connectivity index (χ2n) is 4.61. The Hall–Kier alpha value is -2.56.